The Balaban J connectivity index is 1.47. The van der Waals surface area contributed by atoms with Gasteiger partial charge in [0.1, 0.15) is 12.4 Å². The minimum absolute atomic E-state index is 0.0627. The molecule has 5 N–H and O–H groups in total. The number of hydrogen-bond donors (Lipinski definition) is 5. The number of methoxy groups -OCH3 is 1. The number of carbonyl (C=O) groups is 2. The minimum atomic E-state index is -1.78. The first-order valence-electron chi connectivity index (χ1n) is 16.4. The topological polar surface area (TPSA) is 157 Å². The van der Waals surface area contributed by atoms with E-state index in [-0.39, 0.29) is 29.9 Å². The number of imide groups is 1. The molecule has 0 radical (unpaired) electrons. The molecule has 49 heavy (non-hydrogen) atoms. The molecule has 0 bridgehead atoms. The van der Waals surface area contributed by atoms with Gasteiger partial charge in [0.25, 0.3) is 0 Å². The van der Waals surface area contributed by atoms with Crippen LogP contribution in [-0.4, -0.2) is 70.7 Å². The van der Waals surface area contributed by atoms with Crippen molar-refractivity contribution in [1.29, 1.82) is 0 Å². The molecule has 2 amide bonds. The lowest BCUT2D eigenvalue weighted by atomic mass is 9.68. The number of fused-ring (bicyclic) bond motifs is 1. The highest BCUT2D eigenvalue weighted by Gasteiger charge is 2.55. The number of aromatic hydroxyl groups is 1. The number of carbonyl (C=O) groups excluding carboxylic acids is 2. The highest BCUT2D eigenvalue weighted by atomic mass is 127. The van der Waals surface area contributed by atoms with Crippen LogP contribution >= 0.6 is 22.6 Å². The Morgan fingerprint density at radius 3 is 2.49 bits per heavy atom. The predicted octanol–water partition coefficient (Wildman–Crippen LogP) is 4.20. The average molecular weight is 781 g/mol. The number of allylic oxidation sites excluding steroid dienone is 1. The third-order valence-electron chi connectivity index (χ3n) is 9.27. The van der Waals surface area contributed by atoms with Crippen molar-refractivity contribution in [2.45, 2.75) is 45.1 Å². The van der Waals surface area contributed by atoms with Crippen molar-refractivity contribution in [3.05, 3.63) is 92.6 Å². The van der Waals surface area contributed by atoms with E-state index in [4.69, 9.17) is 9.47 Å². The average Bonchev–Trinajstić information content (AvgIpc) is 3.35. The third kappa shape index (κ3) is 8.04. The van der Waals surface area contributed by atoms with Gasteiger partial charge in [-0.2, -0.15) is 0 Å². The van der Waals surface area contributed by atoms with Crippen molar-refractivity contribution in [3.8, 4) is 17.2 Å². The summed E-state index contributed by atoms with van der Waals surface area (Å²) in [7, 11) is -0.281. The van der Waals surface area contributed by atoms with Gasteiger partial charge in [-0.15, -0.1) is 0 Å². The molecule has 3 aromatic carbocycles. The van der Waals surface area contributed by atoms with Gasteiger partial charge >= 0.3 is 7.12 Å². The number of rotatable bonds is 14. The van der Waals surface area contributed by atoms with Gasteiger partial charge in [0.05, 0.1) is 40.9 Å². The van der Waals surface area contributed by atoms with E-state index in [1.54, 1.807) is 18.2 Å². The molecule has 1 heterocycles. The summed E-state index contributed by atoms with van der Waals surface area (Å²) in [5.41, 5.74) is 3.46. The number of phenols is 1. The molecular weight excluding hydrogens is 740 g/mol. The molecule has 5 rings (SSSR count). The number of ether oxygens (including phenoxy) is 2. The molecule has 1 aliphatic heterocycles. The van der Waals surface area contributed by atoms with Crippen molar-refractivity contribution < 1.29 is 44.4 Å². The molecule has 0 saturated carbocycles. The largest absolute Gasteiger partial charge is 0.504 e. The van der Waals surface area contributed by atoms with Crippen LogP contribution in [0.25, 0.3) is 6.08 Å². The first kappa shape index (κ1) is 36.6. The van der Waals surface area contributed by atoms with Crippen LogP contribution in [0, 0.1) is 21.3 Å². The summed E-state index contributed by atoms with van der Waals surface area (Å²) in [5, 5.41) is 52.4. The zero-order valence-electron chi connectivity index (χ0n) is 27.5. The van der Waals surface area contributed by atoms with E-state index >= 15 is 0 Å². The smallest absolute Gasteiger partial charge is 0.488 e. The number of anilines is 1. The van der Waals surface area contributed by atoms with Crippen LogP contribution in [0.1, 0.15) is 44.6 Å². The molecule has 1 saturated heterocycles. The fourth-order valence-corrected chi connectivity index (χ4v) is 7.62. The lowest BCUT2D eigenvalue weighted by Crippen LogP contribution is -2.40. The maximum Gasteiger partial charge on any atom is 0.488 e. The number of phenolic OH excluding ortho intramolecular Hbond substituents is 1. The van der Waals surface area contributed by atoms with Gasteiger partial charge in [-0.05, 0) is 107 Å². The Labute approximate surface area is 300 Å². The van der Waals surface area contributed by atoms with Crippen LogP contribution in [-0.2, 0) is 9.59 Å². The quantitative estimate of drug-likeness (QED) is 0.0701. The standard InChI is InChI=1S/C37H41BINO9/c1-3-8-22(15-23-16-30(39)35(43)32(17-23)48-2)13-14-31(42)33-24(21-49-27-11-5-4-6-12-27)18-28-34(29(33)20-41)37(45)40(36(28)44)26-10-7-9-25(19-26)38(46)47/h4-7,9-12,15-17,19,28-29,31,34,41-43,46-47H,3,8,13-14,18,20-21H2,1-2H3/b22-15+/t28-,29+,31-,34-/m1/s1. The van der Waals surface area contributed by atoms with Crippen molar-refractivity contribution >= 4 is 58.7 Å². The number of amides is 2. The summed E-state index contributed by atoms with van der Waals surface area (Å²) in [6.07, 6.45) is 3.62. The molecule has 0 spiro atoms. The Kier molecular flexibility index (Phi) is 12.2. The number of nitrogens with zero attached hydrogens (tertiary/aromatic N) is 1. The van der Waals surface area contributed by atoms with E-state index in [1.807, 2.05) is 42.5 Å². The first-order chi connectivity index (χ1) is 23.6. The maximum atomic E-state index is 14.0. The second-order valence-electron chi connectivity index (χ2n) is 12.4. The van der Waals surface area contributed by atoms with E-state index in [9.17, 15) is 35.0 Å². The number of para-hydroxylation sites is 1. The Hall–Kier alpha value is -3.69. The zero-order chi connectivity index (χ0) is 35.2. The zero-order valence-corrected chi connectivity index (χ0v) is 29.6. The second kappa shape index (κ2) is 16.3. The molecule has 10 nitrogen and oxygen atoms in total. The lowest BCUT2D eigenvalue weighted by molar-refractivity contribution is -0.123. The van der Waals surface area contributed by atoms with Gasteiger partial charge in [-0.3, -0.25) is 14.5 Å². The van der Waals surface area contributed by atoms with Gasteiger partial charge < -0.3 is 34.8 Å². The summed E-state index contributed by atoms with van der Waals surface area (Å²) >= 11 is 2.06. The molecule has 1 aliphatic carbocycles. The molecule has 12 heteroatoms. The number of hydrogen-bond acceptors (Lipinski definition) is 9. The summed E-state index contributed by atoms with van der Waals surface area (Å²) in [4.78, 5) is 28.9. The van der Waals surface area contributed by atoms with Gasteiger partial charge in [0.15, 0.2) is 11.5 Å². The van der Waals surface area contributed by atoms with Crippen molar-refractivity contribution in [1.82, 2.24) is 0 Å². The minimum Gasteiger partial charge on any atom is -0.504 e. The molecule has 2 aliphatic rings. The highest BCUT2D eigenvalue weighted by Crippen LogP contribution is 2.47. The first-order valence-corrected chi connectivity index (χ1v) is 17.4. The van der Waals surface area contributed by atoms with Crippen molar-refractivity contribution in [2.75, 3.05) is 25.2 Å². The number of benzene rings is 3. The van der Waals surface area contributed by atoms with Crippen molar-refractivity contribution in [3.63, 3.8) is 0 Å². The van der Waals surface area contributed by atoms with Crippen molar-refractivity contribution in [2.24, 2.45) is 17.8 Å². The Morgan fingerprint density at radius 1 is 1.06 bits per heavy atom. The van der Waals surface area contributed by atoms with Crippen LogP contribution in [0.3, 0.4) is 0 Å². The fourth-order valence-electron chi connectivity index (χ4n) is 6.99. The molecule has 4 atom stereocenters. The van der Waals surface area contributed by atoms with Crippen LogP contribution < -0.4 is 19.8 Å². The molecule has 0 aromatic heterocycles. The van der Waals surface area contributed by atoms with Crippen LogP contribution in [0.4, 0.5) is 5.69 Å². The van der Waals surface area contributed by atoms with E-state index in [1.165, 1.54) is 19.2 Å². The lowest BCUT2D eigenvalue weighted by Gasteiger charge is -2.36. The summed E-state index contributed by atoms with van der Waals surface area (Å²) in [5.74, 6) is -2.44. The number of aliphatic hydroxyl groups excluding tert-OH is 2. The van der Waals surface area contributed by atoms with E-state index in [2.05, 4.69) is 29.5 Å². The summed E-state index contributed by atoms with van der Waals surface area (Å²) < 4.78 is 12.1. The molecule has 1 fully saturated rings. The predicted molar refractivity (Wildman–Crippen MR) is 195 cm³/mol. The molecule has 258 valence electrons. The van der Waals surface area contributed by atoms with E-state index < -0.39 is 49.4 Å². The summed E-state index contributed by atoms with van der Waals surface area (Å²) in [6.45, 7) is 1.67. The van der Waals surface area contributed by atoms with Crippen LogP contribution in [0.15, 0.2) is 83.4 Å². The molecule has 3 aromatic rings. The fraction of sp³-hybridized carbons (Fsp3) is 0.351. The molecular formula is C37H41BINO9. The normalized spacial score (nSPS) is 20.0. The van der Waals surface area contributed by atoms with E-state index in [0.717, 1.165) is 28.9 Å². The Bertz CT molecular complexity index is 1730. The number of halogens is 1. The molecule has 0 unspecified atom stereocenters. The monoisotopic (exact) mass is 781 g/mol. The highest BCUT2D eigenvalue weighted by molar-refractivity contribution is 14.1. The van der Waals surface area contributed by atoms with Gasteiger partial charge in [0, 0.05) is 5.92 Å². The Morgan fingerprint density at radius 2 is 1.82 bits per heavy atom. The van der Waals surface area contributed by atoms with Crippen LogP contribution in [0.5, 0.6) is 17.2 Å². The number of aliphatic hydroxyl groups is 2. The second-order valence-corrected chi connectivity index (χ2v) is 13.6. The third-order valence-corrected chi connectivity index (χ3v) is 10.1. The van der Waals surface area contributed by atoms with Gasteiger partial charge in [-0.25, -0.2) is 0 Å². The maximum absolute atomic E-state index is 14.0. The van der Waals surface area contributed by atoms with E-state index in [0.29, 0.717) is 39.1 Å². The van der Waals surface area contributed by atoms with Crippen LogP contribution in [0.2, 0.25) is 0 Å². The van der Waals surface area contributed by atoms with Gasteiger partial charge in [-0.1, -0.05) is 55.3 Å². The van der Waals surface area contributed by atoms with Gasteiger partial charge in [0.2, 0.25) is 11.8 Å². The summed E-state index contributed by atoms with van der Waals surface area (Å²) in [6, 6.07) is 18.8. The SMILES string of the molecule is CCC/C(=C\c1cc(I)c(O)c(OC)c1)CC[C@@H](O)C1=C(COc2ccccc2)C[C@H]2C(=O)N(c3cccc(B(O)O)c3)C(=O)[C@H]2[C@H]1CO.